The van der Waals surface area contributed by atoms with E-state index in [0.717, 1.165) is 29.5 Å². The van der Waals surface area contributed by atoms with Crippen molar-refractivity contribution in [1.29, 1.82) is 0 Å². The van der Waals surface area contributed by atoms with E-state index in [1.807, 2.05) is 68.7 Å². The van der Waals surface area contributed by atoms with Crippen LogP contribution >= 0.6 is 23.2 Å². The third-order valence-corrected chi connectivity index (χ3v) is 8.21. The highest BCUT2D eigenvalue weighted by Gasteiger charge is 2.35. The fourth-order valence-corrected chi connectivity index (χ4v) is 5.78. The van der Waals surface area contributed by atoms with Gasteiger partial charge >= 0.3 is 6.09 Å². The minimum atomic E-state index is -0.531. The maximum Gasteiger partial charge on any atom is 0.410 e. The van der Waals surface area contributed by atoms with E-state index in [2.05, 4.69) is 5.32 Å². The Hall–Kier alpha value is -2.81. The van der Waals surface area contributed by atoms with Crippen molar-refractivity contribution in [2.45, 2.75) is 65.1 Å². The predicted molar refractivity (Wildman–Crippen MR) is 162 cm³/mol. The van der Waals surface area contributed by atoms with Crippen LogP contribution in [0.25, 0.3) is 0 Å². The molecule has 8 nitrogen and oxygen atoms in total. The summed E-state index contributed by atoms with van der Waals surface area (Å²) in [6, 6.07) is 11.0. The number of piperidine rings is 1. The summed E-state index contributed by atoms with van der Waals surface area (Å²) in [6.07, 6.45) is 1.17. The van der Waals surface area contributed by atoms with Gasteiger partial charge in [0.25, 0.3) is 5.91 Å². The normalized spacial score (nSPS) is 18.4. The van der Waals surface area contributed by atoms with Gasteiger partial charge in [0.05, 0.1) is 22.6 Å². The van der Waals surface area contributed by atoms with Crippen LogP contribution in [0.1, 0.15) is 66.7 Å². The predicted octanol–water partition coefficient (Wildman–Crippen LogP) is 5.63. The number of carbonyl (C=O) groups excluding carboxylic acids is 3. The summed E-state index contributed by atoms with van der Waals surface area (Å²) in [5, 5.41) is 4.24. The molecule has 0 radical (unpaired) electrons. The van der Waals surface area contributed by atoms with Crippen LogP contribution in [0.2, 0.25) is 10.0 Å². The number of hydrogen-bond acceptors (Lipinski definition) is 5. The number of piperazine rings is 1. The molecule has 0 aliphatic carbocycles. The van der Waals surface area contributed by atoms with Crippen molar-refractivity contribution in [3.63, 3.8) is 0 Å². The number of halogens is 2. The number of nitrogens with one attached hydrogen (secondary N) is 1. The van der Waals surface area contributed by atoms with Gasteiger partial charge in [-0.1, -0.05) is 46.5 Å². The number of hydrogen-bond donors (Lipinski definition) is 1. The number of nitrogens with zero attached hydrogens (tertiary/aromatic N) is 3. The smallest absolute Gasteiger partial charge is 0.410 e. The molecule has 2 saturated heterocycles. The summed E-state index contributed by atoms with van der Waals surface area (Å²) in [6.45, 7) is 12.0. The van der Waals surface area contributed by atoms with E-state index in [1.165, 1.54) is 0 Å². The van der Waals surface area contributed by atoms with Crippen LogP contribution in [-0.4, -0.2) is 83.5 Å². The average molecular weight is 604 g/mol. The quantitative estimate of drug-likeness (QED) is 0.480. The second-order valence-electron chi connectivity index (χ2n) is 12.0. The molecule has 2 heterocycles. The third kappa shape index (κ3) is 8.15. The van der Waals surface area contributed by atoms with Gasteiger partial charge in [-0.3, -0.25) is 9.59 Å². The van der Waals surface area contributed by atoms with E-state index in [4.69, 9.17) is 27.9 Å². The molecule has 10 heteroatoms. The highest BCUT2D eigenvalue weighted by molar-refractivity contribution is 6.42. The first-order chi connectivity index (χ1) is 19.3. The van der Waals surface area contributed by atoms with Gasteiger partial charge in [-0.05, 0) is 77.3 Å². The first-order valence-electron chi connectivity index (χ1n) is 14.1. The monoisotopic (exact) mass is 602 g/mol. The van der Waals surface area contributed by atoms with E-state index >= 15 is 0 Å². The molecule has 1 atom stereocenters. The van der Waals surface area contributed by atoms with Crippen molar-refractivity contribution in [2.24, 2.45) is 0 Å². The van der Waals surface area contributed by atoms with Gasteiger partial charge in [0.2, 0.25) is 5.91 Å². The van der Waals surface area contributed by atoms with Crippen molar-refractivity contribution in [3.05, 3.63) is 68.7 Å². The van der Waals surface area contributed by atoms with Crippen LogP contribution < -0.4 is 5.32 Å². The van der Waals surface area contributed by atoms with Crippen LogP contribution in [-0.2, 0) is 9.53 Å². The number of rotatable bonds is 5. The van der Waals surface area contributed by atoms with Crippen LogP contribution in [0.4, 0.5) is 4.79 Å². The fraction of sp³-hybridized carbons (Fsp3) is 0.516. The van der Waals surface area contributed by atoms with Crippen LogP contribution in [0.15, 0.2) is 36.4 Å². The van der Waals surface area contributed by atoms with Crippen molar-refractivity contribution in [3.8, 4) is 0 Å². The van der Waals surface area contributed by atoms with E-state index in [1.54, 1.807) is 17.0 Å². The Kier molecular flexibility index (Phi) is 9.88. The molecule has 1 N–H and O–H groups in total. The zero-order chi connectivity index (χ0) is 29.9. The second kappa shape index (κ2) is 13.0. The first kappa shape index (κ1) is 31.1. The molecule has 222 valence electrons. The summed E-state index contributed by atoms with van der Waals surface area (Å²) in [4.78, 5) is 44.8. The highest BCUT2D eigenvalue weighted by atomic mass is 35.5. The lowest BCUT2D eigenvalue weighted by Gasteiger charge is -2.42. The summed E-state index contributed by atoms with van der Waals surface area (Å²) in [5.74, 6) is -0.0991. The number of amides is 3. The molecule has 0 aromatic heterocycles. The number of likely N-dealkylation sites (tertiary alicyclic amines) is 1. The Balaban J connectivity index is 1.42. The lowest BCUT2D eigenvalue weighted by Crippen LogP contribution is -2.55. The van der Waals surface area contributed by atoms with Crippen molar-refractivity contribution >= 4 is 41.1 Å². The molecule has 3 amide bonds. The molecule has 2 fully saturated rings. The Morgan fingerprint density at radius 2 is 1.56 bits per heavy atom. The summed E-state index contributed by atoms with van der Waals surface area (Å²) >= 11 is 12.5. The minimum absolute atomic E-state index is 0.0471. The summed E-state index contributed by atoms with van der Waals surface area (Å²) in [7, 11) is 0. The van der Waals surface area contributed by atoms with Gasteiger partial charge in [0.15, 0.2) is 0 Å². The molecule has 41 heavy (non-hydrogen) atoms. The lowest BCUT2D eigenvalue weighted by atomic mass is 10.00. The Bertz CT molecular complexity index is 1270. The van der Waals surface area contributed by atoms with Crippen LogP contribution in [0.3, 0.4) is 0 Å². The second-order valence-corrected chi connectivity index (χ2v) is 12.8. The number of ether oxygens (including phenoxy) is 1. The Labute approximate surface area is 252 Å². The van der Waals surface area contributed by atoms with E-state index < -0.39 is 5.60 Å². The molecule has 4 rings (SSSR count). The van der Waals surface area contributed by atoms with E-state index in [0.29, 0.717) is 48.3 Å². The molecule has 2 aliphatic rings. The van der Waals surface area contributed by atoms with Gasteiger partial charge in [0.1, 0.15) is 5.60 Å². The average Bonchev–Trinajstić information content (AvgIpc) is 2.91. The molecule has 2 aromatic rings. The summed E-state index contributed by atoms with van der Waals surface area (Å²) in [5.41, 5.74) is 3.01. The minimum Gasteiger partial charge on any atom is -0.444 e. The highest BCUT2D eigenvalue weighted by Crippen LogP contribution is 2.31. The molecular formula is C31H40Cl2N4O4. The molecule has 2 aliphatic heterocycles. The van der Waals surface area contributed by atoms with Crippen LogP contribution in [0, 0.1) is 13.8 Å². The Morgan fingerprint density at radius 3 is 2.17 bits per heavy atom. The molecule has 0 saturated carbocycles. The van der Waals surface area contributed by atoms with Crippen molar-refractivity contribution in [1.82, 2.24) is 20.0 Å². The van der Waals surface area contributed by atoms with Gasteiger partial charge < -0.3 is 24.8 Å². The molecule has 2 aromatic carbocycles. The Morgan fingerprint density at radius 1 is 0.902 bits per heavy atom. The van der Waals surface area contributed by atoms with E-state index in [9.17, 15) is 14.4 Å². The topological polar surface area (TPSA) is 82.2 Å². The number of aryl methyl sites for hydroxylation is 2. The van der Waals surface area contributed by atoms with Crippen LogP contribution in [0.5, 0.6) is 0 Å². The van der Waals surface area contributed by atoms with Gasteiger partial charge in [-0.15, -0.1) is 0 Å². The molecule has 1 unspecified atom stereocenters. The first-order valence-corrected chi connectivity index (χ1v) is 14.9. The zero-order valence-corrected chi connectivity index (χ0v) is 26.0. The molecular weight excluding hydrogens is 563 g/mol. The van der Waals surface area contributed by atoms with Gasteiger partial charge in [0, 0.05) is 44.3 Å². The molecule has 0 bridgehead atoms. The summed E-state index contributed by atoms with van der Waals surface area (Å²) < 4.78 is 5.48. The fourth-order valence-electron chi connectivity index (χ4n) is 5.48. The standard InChI is InChI=1S/C31H40Cl2N4O4/c1-20-14-21(2)16-23(15-20)29(39)36-12-13-37(27(19-36)22-6-7-25(32)26(33)17-22)28(38)18-34-24-8-10-35(11-9-24)30(40)41-31(3,4)5/h6-7,14-17,24,27,34H,8-13,18-19H2,1-5H3. The molecule has 0 spiro atoms. The SMILES string of the molecule is Cc1cc(C)cc(C(=O)N2CCN(C(=O)CNC3CCN(C(=O)OC(C)(C)C)CC3)C(c3ccc(Cl)c(Cl)c3)C2)c1. The number of benzene rings is 2. The zero-order valence-electron chi connectivity index (χ0n) is 24.5. The largest absolute Gasteiger partial charge is 0.444 e. The maximum absolute atomic E-state index is 13.6. The van der Waals surface area contributed by atoms with E-state index in [-0.39, 0.29) is 36.5 Å². The van der Waals surface area contributed by atoms with Crippen molar-refractivity contribution < 1.29 is 19.1 Å². The van der Waals surface area contributed by atoms with Gasteiger partial charge in [-0.25, -0.2) is 4.79 Å². The van der Waals surface area contributed by atoms with Crippen molar-refractivity contribution in [2.75, 3.05) is 39.3 Å². The number of carbonyl (C=O) groups is 3. The lowest BCUT2D eigenvalue weighted by molar-refractivity contribution is -0.135. The maximum atomic E-state index is 13.6. The van der Waals surface area contributed by atoms with Gasteiger partial charge in [-0.2, -0.15) is 0 Å². The third-order valence-electron chi connectivity index (χ3n) is 7.47.